The van der Waals surface area contributed by atoms with Crippen molar-refractivity contribution < 1.29 is 48.5 Å². The van der Waals surface area contributed by atoms with Gasteiger partial charge in [-0.05, 0) is 20.3 Å². The second-order valence-electron chi connectivity index (χ2n) is 6.52. The van der Waals surface area contributed by atoms with E-state index in [0.717, 1.165) is 5.57 Å². The van der Waals surface area contributed by atoms with Crippen LogP contribution < -0.4 is 9.47 Å². The maximum absolute atomic E-state index is 10.2. The van der Waals surface area contributed by atoms with E-state index in [-0.39, 0.29) is 43.2 Å². The van der Waals surface area contributed by atoms with Gasteiger partial charge in [-0.1, -0.05) is 11.6 Å². The molecule has 0 bridgehead atoms. The molecule has 186 valence electrons. The summed E-state index contributed by atoms with van der Waals surface area (Å²) in [6.07, 6.45) is 2.17. The molecule has 10 heteroatoms. The summed E-state index contributed by atoms with van der Waals surface area (Å²) in [4.78, 5) is 0. The number of methoxy groups -OCH3 is 4. The van der Waals surface area contributed by atoms with Crippen molar-refractivity contribution in [1.82, 2.24) is 0 Å². The molecule has 3 N–H and O–H groups in total. The molecule has 0 aromatic heterocycles. The minimum absolute atomic E-state index is 0.0426. The predicted octanol–water partition coefficient (Wildman–Crippen LogP) is 2.15. The average Bonchev–Trinajstić information content (AvgIpc) is 2.80. The maximum atomic E-state index is 10.2. The van der Waals surface area contributed by atoms with Crippen molar-refractivity contribution in [3.63, 3.8) is 0 Å². The summed E-state index contributed by atoms with van der Waals surface area (Å²) in [6.45, 7) is 6.12. The number of hydrogen-bond donors (Lipinski definition) is 3. The van der Waals surface area contributed by atoms with Crippen LogP contribution in [0.4, 0.5) is 0 Å². The molecule has 0 radical (unpaired) electrons. The van der Waals surface area contributed by atoms with Gasteiger partial charge in [-0.15, -0.1) is 0 Å². The summed E-state index contributed by atoms with van der Waals surface area (Å²) in [5.74, 6) is 0.110. The molecule has 0 atom stereocenters. The third-order valence-corrected chi connectivity index (χ3v) is 4.24. The first-order chi connectivity index (χ1) is 15.4. The third kappa shape index (κ3) is 11.0. The van der Waals surface area contributed by atoms with Crippen LogP contribution in [0.15, 0.2) is 11.6 Å². The van der Waals surface area contributed by atoms with Gasteiger partial charge >= 0.3 is 0 Å². The number of benzene rings is 1. The van der Waals surface area contributed by atoms with Gasteiger partial charge < -0.3 is 48.5 Å². The van der Waals surface area contributed by atoms with Gasteiger partial charge in [0.25, 0.3) is 0 Å². The highest BCUT2D eigenvalue weighted by molar-refractivity contribution is 5.66. The molecule has 1 aromatic rings. The van der Waals surface area contributed by atoms with Gasteiger partial charge in [-0.25, -0.2) is 0 Å². The monoisotopic (exact) mass is 462 g/mol. The zero-order valence-corrected chi connectivity index (χ0v) is 19.9. The number of allylic oxidation sites excluding steroid dienone is 1. The molecular formula is C22H38O10. The minimum atomic E-state index is -0.0587. The van der Waals surface area contributed by atoms with Crippen molar-refractivity contribution in [2.45, 2.75) is 20.3 Å². The normalized spacial score (nSPS) is 11.2. The van der Waals surface area contributed by atoms with Crippen LogP contribution in [0.1, 0.15) is 18.1 Å². The van der Waals surface area contributed by atoms with E-state index in [1.807, 2.05) is 0 Å². The fraction of sp³-hybridized carbons (Fsp3) is 0.636. The Morgan fingerprint density at radius 1 is 0.781 bits per heavy atom. The highest BCUT2D eigenvalue weighted by atomic mass is 16.7. The summed E-state index contributed by atoms with van der Waals surface area (Å²) < 4.78 is 34.7. The highest BCUT2D eigenvalue weighted by Gasteiger charge is 2.22. The topological polar surface area (TPSA) is 125 Å². The lowest BCUT2D eigenvalue weighted by Crippen LogP contribution is -2.10. The number of aliphatic hydroxyl groups is 1. The number of aliphatic hydroxyl groups excluding tert-OH is 1. The van der Waals surface area contributed by atoms with Crippen molar-refractivity contribution in [3.05, 3.63) is 22.8 Å². The van der Waals surface area contributed by atoms with Crippen LogP contribution in [0.2, 0.25) is 0 Å². The number of hydrogen-bond acceptors (Lipinski definition) is 10. The Morgan fingerprint density at radius 2 is 1.28 bits per heavy atom. The number of aromatic hydroxyl groups is 2. The van der Waals surface area contributed by atoms with E-state index in [1.54, 1.807) is 34.1 Å². The number of phenols is 2. The molecular weight excluding hydrogens is 424 g/mol. The molecule has 32 heavy (non-hydrogen) atoms. The molecule has 0 aliphatic carbocycles. The molecule has 0 saturated heterocycles. The van der Waals surface area contributed by atoms with Gasteiger partial charge in [0.2, 0.25) is 11.5 Å². The van der Waals surface area contributed by atoms with Crippen LogP contribution in [-0.4, -0.2) is 90.4 Å². The van der Waals surface area contributed by atoms with E-state index < -0.39 is 0 Å². The average molecular weight is 463 g/mol. The Bertz CT molecular complexity index is 651. The minimum Gasteiger partial charge on any atom is -0.504 e. The van der Waals surface area contributed by atoms with Crippen LogP contribution in [0, 0.1) is 6.92 Å². The van der Waals surface area contributed by atoms with Gasteiger partial charge in [0.05, 0.1) is 47.3 Å². The highest BCUT2D eigenvalue weighted by Crippen LogP contribution is 2.48. The first-order valence-electron chi connectivity index (χ1n) is 10.0. The fourth-order valence-electron chi connectivity index (χ4n) is 2.37. The largest absolute Gasteiger partial charge is 0.504 e. The molecule has 0 fully saturated rings. The van der Waals surface area contributed by atoms with Gasteiger partial charge in [0, 0.05) is 25.3 Å². The smallest absolute Gasteiger partial charge is 0.207 e. The summed E-state index contributed by atoms with van der Waals surface area (Å²) in [5.41, 5.74) is 1.85. The Morgan fingerprint density at radius 3 is 1.72 bits per heavy atom. The second-order valence-corrected chi connectivity index (χ2v) is 6.52. The second kappa shape index (κ2) is 18.5. The number of ether oxygens (including phenoxy) is 7. The molecule has 0 saturated carbocycles. The molecule has 10 nitrogen and oxygen atoms in total. The van der Waals surface area contributed by atoms with E-state index in [0.29, 0.717) is 44.0 Å². The summed E-state index contributed by atoms with van der Waals surface area (Å²) in [6, 6.07) is 0. The molecule has 0 amide bonds. The van der Waals surface area contributed by atoms with Crippen LogP contribution in [0.3, 0.4) is 0 Å². The molecule has 1 aromatic carbocycles. The molecule has 0 heterocycles. The Balaban J connectivity index is 0.000000649. The maximum Gasteiger partial charge on any atom is 0.207 e. The van der Waals surface area contributed by atoms with Crippen LogP contribution >= 0.6 is 0 Å². The van der Waals surface area contributed by atoms with Gasteiger partial charge in [0.15, 0.2) is 11.5 Å². The van der Waals surface area contributed by atoms with Gasteiger partial charge in [-0.2, -0.15) is 0 Å². The molecule has 0 aliphatic rings. The lowest BCUT2D eigenvalue weighted by atomic mass is 10.0. The third-order valence-electron chi connectivity index (χ3n) is 4.24. The molecule has 1 rings (SSSR count). The van der Waals surface area contributed by atoms with Crippen LogP contribution in [0.25, 0.3) is 0 Å². The Kier molecular flexibility index (Phi) is 17.3. The quantitative estimate of drug-likeness (QED) is 0.154. The molecule has 0 spiro atoms. The van der Waals surface area contributed by atoms with Crippen LogP contribution in [-0.2, 0) is 30.1 Å². The number of rotatable bonds is 15. The van der Waals surface area contributed by atoms with Gasteiger partial charge in [0.1, 0.15) is 13.6 Å². The SMILES string of the molecule is COCCOCOCOCCOC.COc1c(O)c(C)c(CC=C(C)CO)c(O)c1OC. The standard InChI is InChI=1S/C14H20O5.C8H18O5/c1-8(7-15)5-6-10-9(2)11(16)13(18-3)14(19-4)12(10)17;1-9-3-5-11-7-13-8-12-6-4-10-2/h5,15-17H,6-7H2,1-4H3;3-8H2,1-2H3. The van der Waals surface area contributed by atoms with E-state index in [1.165, 1.54) is 14.2 Å². The Hall–Kier alpha value is -2.08. The first kappa shape index (κ1) is 29.9. The van der Waals surface area contributed by atoms with Crippen molar-refractivity contribution in [2.75, 3.05) is 75.1 Å². The zero-order chi connectivity index (χ0) is 24.4. The van der Waals surface area contributed by atoms with Crippen molar-refractivity contribution in [1.29, 1.82) is 0 Å². The van der Waals surface area contributed by atoms with Crippen molar-refractivity contribution in [3.8, 4) is 23.0 Å². The summed E-state index contributed by atoms with van der Waals surface area (Å²) in [7, 11) is 6.03. The summed E-state index contributed by atoms with van der Waals surface area (Å²) >= 11 is 0. The van der Waals surface area contributed by atoms with E-state index in [4.69, 9.17) is 38.3 Å². The molecule has 0 aliphatic heterocycles. The first-order valence-corrected chi connectivity index (χ1v) is 10.0. The van der Waals surface area contributed by atoms with E-state index >= 15 is 0 Å². The zero-order valence-electron chi connectivity index (χ0n) is 19.9. The summed E-state index contributed by atoms with van der Waals surface area (Å²) in [5, 5.41) is 29.2. The molecule has 0 unspecified atom stereocenters. The van der Waals surface area contributed by atoms with Gasteiger partial charge in [-0.3, -0.25) is 0 Å². The van der Waals surface area contributed by atoms with Crippen LogP contribution in [0.5, 0.6) is 23.0 Å². The van der Waals surface area contributed by atoms with E-state index in [2.05, 4.69) is 0 Å². The van der Waals surface area contributed by atoms with Crippen molar-refractivity contribution in [2.24, 2.45) is 0 Å². The van der Waals surface area contributed by atoms with Crippen molar-refractivity contribution >= 4 is 0 Å². The lowest BCUT2D eigenvalue weighted by molar-refractivity contribution is -0.139. The van der Waals surface area contributed by atoms with E-state index in [9.17, 15) is 10.2 Å². The lowest BCUT2D eigenvalue weighted by Gasteiger charge is -2.17. The number of phenolic OH excluding ortho intramolecular Hbond substituents is 2. The Labute approximate surface area is 190 Å². The fourth-order valence-corrected chi connectivity index (χ4v) is 2.37. The predicted molar refractivity (Wildman–Crippen MR) is 119 cm³/mol.